The Hall–Kier alpha value is -3.00. The molecule has 0 atom stereocenters. The van der Waals surface area contributed by atoms with Crippen LogP contribution in [0.2, 0.25) is 0 Å². The van der Waals surface area contributed by atoms with Gasteiger partial charge in [0, 0.05) is 28.9 Å². The number of esters is 1. The topological polar surface area (TPSA) is 69.2 Å². The molecule has 0 saturated carbocycles. The highest BCUT2D eigenvalue weighted by molar-refractivity contribution is 7.13. The molecule has 0 spiro atoms. The van der Waals surface area contributed by atoms with Gasteiger partial charge >= 0.3 is 5.97 Å². The molecule has 3 aromatic rings. The molecule has 3 rings (SSSR count). The lowest BCUT2D eigenvalue weighted by atomic mass is 10.1. The SMILES string of the molecule is O=C(Cc1csc(-c2cccnc2)n1)OCC(=O)c1ccc(F)c(F)c1. The maximum atomic E-state index is 13.1. The number of aromatic nitrogens is 2. The quantitative estimate of drug-likeness (QED) is 0.488. The van der Waals surface area contributed by atoms with Crippen molar-refractivity contribution in [1.82, 2.24) is 9.97 Å². The van der Waals surface area contributed by atoms with Crippen LogP contribution in [0, 0.1) is 11.6 Å². The molecule has 0 fully saturated rings. The first-order valence-electron chi connectivity index (χ1n) is 7.51. The third-order valence-corrected chi connectivity index (χ3v) is 4.33. The summed E-state index contributed by atoms with van der Waals surface area (Å²) in [5.74, 6) is -3.44. The van der Waals surface area contributed by atoms with Crippen molar-refractivity contribution in [3.05, 3.63) is 71.0 Å². The first-order valence-corrected chi connectivity index (χ1v) is 8.39. The van der Waals surface area contributed by atoms with E-state index in [1.165, 1.54) is 11.3 Å². The lowest BCUT2D eigenvalue weighted by Crippen LogP contribution is -2.16. The smallest absolute Gasteiger partial charge is 0.312 e. The number of thiazole rings is 1. The second-order valence-electron chi connectivity index (χ2n) is 5.28. The summed E-state index contributed by atoms with van der Waals surface area (Å²) in [6.07, 6.45) is 3.22. The number of hydrogen-bond acceptors (Lipinski definition) is 6. The summed E-state index contributed by atoms with van der Waals surface area (Å²) in [4.78, 5) is 32.1. The minimum atomic E-state index is -1.13. The standard InChI is InChI=1S/C18H12F2N2O3S/c19-14-4-3-11(6-15(14)20)16(23)9-25-17(24)7-13-10-26-18(22-13)12-2-1-5-21-8-12/h1-6,8,10H,7,9H2. The molecule has 0 radical (unpaired) electrons. The van der Waals surface area contributed by atoms with Crippen LogP contribution in [0.4, 0.5) is 8.78 Å². The summed E-state index contributed by atoms with van der Waals surface area (Å²) >= 11 is 1.37. The molecule has 1 aromatic carbocycles. The molecule has 0 aliphatic heterocycles. The zero-order valence-corrected chi connectivity index (χ0v) is 14.1. The second-order valence-corrected chi connectivity index (χ2v) is 6.13. The van der Waals surface area contributed by atoms with Crippen LogP contribution in [-0.4, -0.2) is 28.3 Å². The van der Waals surface area contributed by atoms with E-state index in [0.717, 1.165) is 28.8 Å². The van der Waals surface area contributed by atoms with E-state index in [4.69, 9.17) is 4.74 Å². The van der Waals surface area contributed by atoms with Gasteiger partial charge in [-0.1, -0.05) is 0 Å². The fraction of sp³-hybridized carbons (Fsp3) is 0.111. The Balaban J connectivity index is 1.55. The van der Waals surface area contributed by atoms with E-state index in [9.17, 15) is 18.4 Å². The summed E-state index contributed by atoms with van der Waals surface area (Å²) in [6.45, 7) is -0.552. The molecule has 26 heavy (non-hydrogen) atoms. The lowest BCUT2D eigenvalue weighted by molar-refractivity contribution is -0.141. The summed E-state index contributed by atoms with van der Waals surface area (Å²) in [5, 5.41) is 2.44. The van der Waals surface area contributed by atoms with E-state index in [-0.39, 0.29) is 12.0 Å². The minimum Gasteiger partial charge on any atom is -0.457 e. The van der Waals surface area contributed by atoms with Crippen LogP contribution in [0.15, 0.2) is 48.1 Å². The molecule has 2 aromatic heterocycles. The van der Waals surface area contributed by atoms with Gasteiger partial charge in [-0.3, -0.25) is 14.6 Å². The van der Waals surface area contributed by atoms with Crippen molar-refractivity contribution in [3.63, 3.8) is 0 Å². The highest BCUT2D eigenvalue weighted by Gasteiger charge is 2.14. The van der Waals surface area contributed by atoms with Gasteiger partial charge in [-0.15, -0.1) is 11.3 Å². The molecule has 0 aliphatic rings. The average Bonchev–Trinajstić information content (AvgIpc) is 3.11. The summed E-state index contributed by atoms with van der Waals surface area (Å²) in [5.41, 5.74) is 1.29. The van der Waals surface area contributed by atoms with E-state index in [0.29, 0.717) is 5.69 Å². The lowest BCUT2D eigenvalue weighted by Gasteiger charge is -2.04. The molecule has 0 amide bonds. The predicted molar refractivity (Wildman–Crippen MR) is 90.7 cm³/mol. The normalized spacial score (nSPS) is 10.5. The van der Waals surface area contributed by atoms with Gasteiger partial charge in [0.25, 0.3) is 0 Å². The van der Waals surface area contributed by atoms with Gasteiger partial charge in [0.2, 0.25) is 0 Å². The number of carbonyl (C=O) groups excluding carboxylic acids is 2. The Kier molecular flexibility index (Phi) is 5.43. The predicted octanol–water partition coefficient (Wildman–Crippen LogP) is 3.45. The van der Waals surface area contributed by atoms with E-state index in [2.05, 4.69) is 9.97 Å². The molecular weight excluding hydrogens is 362 g/mol. The third-order valence-electron chi connectivity index (χ3n) is 3.39. The van der Waals surface area contributed by atoms with Gasteiger partial charge in [0.15, 0.2) is 24.0 Å². The molecule has 5 nitrogen and oxygen atoms in total. The van der Waals surface area contributed by atoms with Crippen LogP contribution in [0.5, 0.6) is 0 Å². The molecule has 0 aliphatic carbocycles. The van der Waals surface area contributed by atoms with Crippen LogP contribution in [0.25, 0.3) is 10.6 Å². The first kappa shape index (κ1) is 17.8. The monoisotopic (exact) mass is 374 g/mol. The van der Waals surface area contributed by atoms with Gasteiger partial charge in [0.05, 0.1) is 12.1 Å². The molecular formula is C18H12F2N2O3S. The van der Waals surface area contributed by atoms with E-state index >= 15 is 0 Å². The third kappa shape index (κ3) is 4.34. The van der Waals surface area contributed by atoms with Gasteiger partial charge in [0.1, 0.15) is 5.01 Å². The Morgan fingerprint density at radius 1 is 1.15 bits per heavy atom. The molecule has 0 unspecified atom stereocenters. The fourth-order valence-electron chi connectivity index (χ4n) is 2.11. The van der Waals surface area contributed by atoms with Crippen molar-refractivity contribution in [2.75, 3.05) is 6.61 Å². The van der Waals surface area contributed by atoms with Crippen molar-refractivity contribution in [1.29, 1.82) is 0 Å². The maximum Gasteiger partial charge on any atom is 0.312 e. The van der Waals surface area contributed by atoms with E-state index in [1.54, 1.807) is 23.8 Å². The number of nitrogens with zero attached hydrogens (tertiary/aromatic N) is 2. The van der Waals surface area contributed by atoms with Crippen molar-refractivity contribution < 1.29 is 23.1 Å². The summed E-state index contributed by atoms with van der Waals surface area (Å²) < 4.78 is 30.9. The number of benzene rings is 1. The van der Waals surface area contributed by atoms with Crippen molar-refractivity contribution in [2.45, 2.75) is 6.42 Å². The van der Waals surface area contributed by atoms with Crippen molar-refractivity contribution in [2.24, 2.45) is 0 Å². The van der Waals surface area contributed by atoms with Gasteiger partial charge < -0.3 is 4.74 Å². The number of hydrogen-bond donors (Lipinski definition) is 0. The van der Waals surface area contributed by atoms with Crippen molar-refractivity contribution >= 4 is 23.1 Å². The Labute approximate surface area is 151 Å². The fourth-order valence-corrected chi connectivity index (χ4v) is 2.92. The van der Waals surface area contributed by atoms with Crippen molar-refractivity contribution in [3.8, 4) is 10.6 Å². The number of pyridine rings is 1. The molecule has 8 heteroatoms. The van der Waals surface area contributed by atoms with E-state index in [1.807, 2.05) is 6.07 Å². The van der Waals surface area contributed by atoms with E-state index < -0.39 is 30.0 Å². The largest absolute Gasteiger partial charge is 0.457 e. The van der Waals surface area contributed by atoms with Crippen LogP contribution < -0.4 is 0 Å². The number of ketones is 1. The Morgan fingerprint density at radius 2 is 2.00 bits per heavy atom. The molecule has 0 bridgehead atoms. The summed E-state index contributed by atoms with van der Waals surface area (Å²) in [6, 6.07) is 6.39. The zero-order valence-electron chi connectivity index (χ0n) is 13.3. The van der Waals surface area contributed by atoms with Gasteiger partial charge in [-0.05, 0) is 30.3 Å². The highest BCUT2D eigenvalue weighted by Crippen LogP contribution is 2.22. The molecule has 2 heterocycles. The highest BCUT2D eigenvalue weighted by atomic mass is 32.1. The van der Waals surface area contributed by atoms with Crippen LogP contribution in [0.1, 0.15) is 16.1 Å². The van der Waals surface area contributed by atoms with Crippen LogP contribution in [-0.2, 0) is 16.0 Å². The van der Waals surface area contributed by atoms with Gasteiger partial charge in [-0.2, -0.15) is 0 Å². The minimum absolute atomic E-state index is 0.0655. The number of halogens is 2. The van der Waals surface area contributed by atoms with Crippen LogP contribution in [0.3, 0.4) is 0 Å². The maximum absolute atomic E-state index is 13.1. The zero-order chi connectivity index (χ0) is 18.5. The summed E-state index contributed by atoms with van der Waals surface area (Å²) in [7, 11) is 0. The second kappa shape index (κ2) is 7.92. The number of carbonyl (C=O) groups is 2. The Bertz CT molecular complexity index is 945. The first-order chi connectivity index (χ1) is 12.5. The number of rotatable bonds is 6. The van der Waals surface area contributed by atoms with Gasteiger partial charge in [-0.25, -0.2) is 13.8 Å². The molecule has 132 valence electrons. The molecule has 0 saturated heterocycles. The number of Topliss-reactive ketones (excluding diaryl/α,β-unsaturated/α-hetero) is 1. The number of ether oxygens (including phenoxy) is 1. The Morgan fingerprint density at radius 3 is 2.73 bits per heavy atom. The average molecular weight is 374 g/mol. The molecule has 0 N–H and O–H groups in total. The van der Waals surface area contributed by atoms with Crippen LogP contribution >= 0.6 is 11.3 Å².